The third kappa shape index (κ3) is 47.9. The Morgan fingerprint density at radius 1 is 0.463 bits per heavy atom. The van der Waals surface area contributed by atoms with Crippen LogP contribution in [0.4, 0.5) is 0 Å². The number of likely N-dealkylation sites (N-methyl/N-ethyl adjacent to an activating group) is 1. The Kier molecular flexibility index (Phi) is 47.3. The number of hydrogen-bond donors (Lipinski definition) is 0. The average Bonchev–Trinajstić information content (AvgIpc) is 3.29. The van der Waals surface area contributed by atoms with Gasteiger partial charge in [0, 0.05) is 19.3 Å². The predicted octanol–water partition coefficient (Wildman–Crippen LogP) is 15.1. The molecule has 0 radical (unpaired) electrons. The van der Waals surface area contributed by atoms with Crippen LogP contribution in [0, 0.1) is 0 Å². The van der Waals surface area contributed by atoms with E-state index >= 15 is 0 Å². The first-order valence-corrected chi connectivity index (χ1v) is 27.8. The number of aliphatic carboxylic acids is 1. The summed E-state index contributed by atoms with van der Waals surface area (Å²) >= 11 is 0. The van der Waals surface area contributed by atoms with Crippen LogP contribution >= 0.6 is 0 Å². The van der Waals surface area contributed by atoms with Crippen LogP contribution in [0.1, 0.15) is 245 Å². The molecule has 0 heterocycles. The number of unbranched alkanes of at least 4 members (excludes halogenated alkanes) is 26. The van der Waals surface area contributed by atoms with E-state index in [2.05, 4.69) is 74.6 Å². The molecule has 0 aromatic heterocycles. The Morgan fingerprint density at radius 2 is 0.836 bits per heavy atom. The van der Waals surface area contributed by atoms with Gasteiger partial charge in [-0.2, -0.15) is 0 Å². The van der Waals surface area contributed by atoms with E-state index in [9.17, 15) is 19.5 Å². The Labute approximate surface area is 413 Å². The zero-order valence-corrected chi connectivity index (χ0v) is 44.3. The maximum atomic E-state index is 12.8. The van der Waals surface area contributed by atoms with Crippen molar-refractivity contribution in [3.05, 3.63) is 60.8 Å². The van der Waals surface area contributed by atoms with Crippen LogP contribution < -0.4 is 5.11 Å². The first kappa shape index (κ1) is 64.0. The van der Waals surface area contributed by atoms with Crippen molar-refractivity contribution in [1.29, 1.82) is 0 Å². The van der Waals surface area contributed by atoms with Gasteiger partial charge in [0.15, 0.2) is 6.10 Å². The van der Waals surface area contributed by atoms with Gasteiger partial charge in [0.05, 0.1) is 40.3 Å². The molecule has 0 aliphatic carbocycles. The maximum absolute atomic E-state index is 12.8. The molecule has 388 valence electrons. The van der Waals surface area contributed by atoms with Crippen molar-refractivity contribution in [3.63, 3.8) is 0 Å². The van der Waals surface area contributed by atoms with Gasteiger partial charge in [-0.25, -0.2) is 0 Å². The molecule has 0 bridgehead atoms. The molecule has 0 N–H and O–H groups in total. The van der Waals surface area contributed by atoms with Gasteiger partial charge in [0.2, 0.25) is 0 Å². The van der Waals surface area contributed by atoms with Crippen molar-refractivity contribution in [2.75, 3.05) is 41.0 Å². The van der Waals surface area contributed by atoms with Gasteiger partial charge in [0.1, 0.15) is 12.6 Å². The van der Waals surface area contributed by atoms with E-state index in [-0.39, 0.29) is 42.7 Å². The van der Waals surface area contributed by atoms with Gasteiger partial charge in [-0.05, 0) is 77.0 Å². The lowest BCUT2D eigenvalue weighted by Gasteiger charge is -2.34. The van der Waals surface area contributed by atoms with Gasteiger partial charge in [0.25, 0.3) is 0 Å². The summed E-state index contributed by atoms with van der Waals surface area (Å²) in [7, 11) is 5.42. The van der Waals surface area contributed by atoms with E-state index in [4.69, 9.17) is 14.2 Å². The number of hydrogen-bond acceptors (Lipinski definition) is 7. The number of nitrogens with zero attached hydrogens (tertiary/aromatic N) is 1. The lowest BCUT2D eigenvalue weighted by Crippen LogP contribution is -2.55. The number of carbonyl (C=O) groups is 3. The molecule has 0 aromatic carbocycles. The number of carboxylic acids is 1. The standard InChI is InChI=1S/C59H105NO7/c1-6-8-10-12-14-16-18-20-22-24-26-28-30-32-34-36-38-40-42-44-46-48-50-58(62)67-55(53-65-52-51-56(59(63)64)60(3,4)5)54-66-57(61)49-47-45-43-41-39-37-35-33-31-29-27-25-23-21-19-17-15-13-11-9-7-2/h9,11,14-17,20,22,26,28,55-56H,6-8,10,12-13,18-19,21,23-25,27,29-54H2,1-5H3/b11-9+,16-14+,17-15+,22-20+,28-26+. The number of carbonyl (C=O) groups excluding carboxylic acids is 3. The van der Waals surface area contributed by atoms with Crippen LogP contribution in [-0.4, -0.2) is 75.5 Å². The van der Waals surface area contributed by atoms with E-state index in [1.807, 2.05) is 21.1 Å². The Morgan fingerprint density at radius 3 is 1.24 bits per heavy atom. The summed E-state index contributed by atoms with van der Waals surface area (Å²) in [6.07, 6.45) is 62.5. The molecule has 0 saturated carbocycles. The van der Waals surface area contributed by atoms with E-state index in [0.717, 1.165) is 70.6 Å². The van der Waals surface area contributed by atoms with Crippen LogP contribution in [0.5, 0.6) is 0 Å². The lowest BCUT2D eigenvalue weighted by molar-refractivity contribution is -0.889. The minimum Gasteiger partial charge on any atom is -0.544 e. The summed E-state index contributed by atoms with van der Waals surface area (Å²) in [5.41, 5.74) is 0. The Hall–Kier alpha value is -2.97. The fourth-order valence-corrected chi connectivity index (χ4v) is 8.12. The summed E-state index contributed by atoms with van der Waals surface area (Å²) in [5, 5.41) is 11.7. The molecule has 8 nitrogen and oxygen atoms in total. The zero-order valence-electron chi connectivity index (χ0n) is 44.3. The van der Waals surface area contributed by atoms with Gasteiger partial charge in [-0.3, -0.25) is 9.59 Å². The largest absolute Gasteiger partial charge is 0.544 e. The number of allylic oxidation sites excluding steroid dienone is 10. The third-order valence-corrected chi connectivity index (χ3v) is 12.4. The van der Waals surface area contributed by atoms with Crippen molar-refractivity contribution in [2.24, 2.45) is 0 Å². The molecule has 67 heavy (non-hydrogen) atoms. The molecule has 0 rings (SSSR count). The fraction of sp³-hybridized carbons (Fsp3) is 0.780. The normalized spacial score (nSPS) is 13.3. The number of carboxylic acid groups (broad SMARTS) is 1. The SMILES string of the molecule is CC/C=C/C/C=C/CCCCCCCCCCCCCCCCC(=O)OCC(COCCC(C(=O)[O-])[N+](C)(C)C)OC(=O)CCCCCCCCCCC/C=C/C/C=C/C/C=C/CCCCC. The molecule has 2 atom stereocenters. The van der Waals surface area contributed by atoms with Gasteiger partial charge in [-0.1, -0.05) is 209 Å². The van der Waals surface area contributed by atoms with Gasteiger partial charge >= 0.3 is 11.9 Å². The summed E-state index contributed by atoms with van der Waals surface area (Å²) in [6.45, 7) is 4.56. The molecule has 0 fully saturated rings. The molecular formula is C59H105NO7. The summed E-state index contributed by atoms with van der Waals surface area (Å²) in [6, 6.07) is -0.729. The van der Waals surface area contributed by atoms with Crippen LogP contribution in [0.25, 0.3) is 0 Å². The minimum absolute atomic E-state index is 0.0384. The van der Waals surface area contributed by atoms with Gasteiger partial charge < -0.3 is 28.6 Å². The molecule has 0 aromatic rings. The summed E-state index contributed by atoms with van der Waals surface area (Å²) in [5.74, 6) is -1.73. The topological polar surface area (TPSA) is 102 Å². The highest BCUT2D eigenvalue weighted by Crippen LogP contribution is 2.16. The van der Waals surface area contributed by atoms with Crippen LogP contribution in [0.15, 0.2) is 60.8 Å². The van der Waals surface area contributed by atoms with Crippen LogP contribution in [0.2, 0.25) is 0 Å². The van der Waals surface area contributed by atoms with Crippen LogP contribution in [-0.2, 0) is 28.6 Å². The molecule has 0 spiro atoms. The molecule has 0 saturated heterocycles. The monoisotopic (exact) mass is 940 g/mol. The van der Waals surface area contributed by atoms with Gasteiger partial charge in [-0.15, -0.1) is 0 Å². The van der Waals surface area contributed by atoms with Crippen molar-refractivity contribution >= 4 is 17.9 Å². The number of esters is 2. The third-order valence-electron chi connectivity index (χ3n) is 12.4. The van der Waals surface area contributed by atoms with Crippen molar-refractivity contribution < 1.29 is 38.2 Å². The highest BCUT2D eigenvalue weighted by Gasteiger charge is 2.25. The van der Waals surface area contributed by atoms with Crippen molar-refractivity contribution in [2.45, 2.75) is 257 Å². The minimum atomic E-state index is -1.12. The summed E-state index contributed by atoms with van der Waals surface area (Å²) in [4.78, 5) is 37.1. The molecule has 0 aliphatic rings. The number of quaternary nitrogens is 1. The van der Waals surface area contributed by atoms with E-state index in [1.54, 1.807) is 0 Å². The maximum Gasteiger partial charge on any atom is 0.306 e. The van der Waals surface area contributed by atoms with E-state index < -0.39 is 18.1 Å². The van der Waals surface area contributed by atoms with E-state index in [1.165, 1.54) is 141 Å². The average molecular weight is 940 g/mol. The Bertz CT molecular complexity index is 1280. The van der Waals surface area contributed by atoms with Crippen molar-refractivity contribution in [1.82, 2.24) is 0 Å². The molecule has 8 heteroatoms. The first-order valence-electron chi connectivity index (χ1n) is 27.8. The zero-order chi connectivity index (χ0) is 49.2. The lowest BCUT2D eigenvalue weighted by atomic mass is 10.0. The second kappa shape index (κ2) is 49.5. The quantitative estimate of drug-likeness (QED) is 0.0259. The fourth-order valence-electron chi connectivity index (χ4n) is 8.12. The van der Waals surface area contributed by atoms with Crippen LogP contribution in [0.3, 0.4) is 0 Å². The number of rotatable bonds is 50. The highest BCUT2D eigenvalue weighted by molar-refractivity contribution is 5.70. The second-order valence-corrected chi connectivity index (χ2v) is 19.8. The van der Waals surface area contributed by atoms with E-state index in [0.29, 0.717) is 12.8 Å². The molecule has 2 unspecified atom stereocenters. The molecule has 0 aliphatic heterocycles. The molecular weight excluding hydrogens is 835 g/mol. The smallest absolute Gasteiger partial charge is 0.306 e. The highest BCUT2D eigenvalue weighted by atomic mass is 16.6. The predicted molar refractivity (Wildman–Crippen MR) is 282 cm³/mol. The molecule has 0 amide bonds. The number of ether oxygens (including phenoxy) is 3. The second-order valence-electron chi connectivity index (χ2n) is 19.8. The van der Waals surface area contributed by atoms with Crippen molar-refractivity contribution in [3.8, 4) is 0 Å². The Balaban J connectivity index is 4.19. The summed E-state index contributed by atoms with van der Waals surface area (Å²) < 4.78 is 17.3. The first-order chi connectivity index (χ1) is 32.6.